The highest BCUT2D eigenvalue weighted by atomic mass is 35.5. The van der Waals surface area contributed by atoms with Crippen molar-refractivity contribution in [3.05, 3.63) is 88.6 Å². The number of hydrogen-bond donors (Lipinski definition) is 2. The van der Waals surface area contributed by atoms with Crippen LogP contribution >= 0.6 is 23.7 Å². The van der Waals surface area contributed by atoms with E-state index >= 15 is 0 Å². The van der Waals surface area contributed by atoms with Crippen molar-refractivity contribution in [2.24, 2.45) is 0 Å². The summed E-state index contributed by atoms with van der Waals surface area (Å²) in [5.74, 6) is -1.23. The van der Waals surface area contributed by atoms with E-state index in [0.29, 0.717) is 17.3 Å². The van der Waals surface area contributed by atoms with Gasteiger partial charge in [0, 0.05) is 43.0 Å². The average Bonchev–Trinajstić information content (AvgIpc) is 3.24. The smallest absolute Gasteiger partial charge is 0.325 e. The van der Waals surface area contributed by atoms with Crippen LogP contribution in [-0.4, -0.2) is 36.6 Å². The Balaban J connectivity index is 1.47. The van der Waals surface area contributed by atoms with Gasteiger partial charge in [0.2, 0.25) is 5.91 Å². The molecule has 4 rings (SSSR count). The summed E-state index contributed by atoms with van der Waals surface area (Å²) in [6.45, 7) is 0.668. The van der Waals surface area contributed by atoms with Gasteiger partial charge in [-0.2, -0.15) is 0 Å². The zero-order valence-corrected chi connectivity index (χ0v) is 20.2. The van der Waals surface area contributed by atoms with Crippen molar-refractivity contribution in [1.82, 2.24) is 15.0 Å². The SMILES string of the molecule is CN(C(=O)C(Cc1cc(F)cc(F)c1)NC(=O)NSN1CCc2cccnc21)c1ccc(Cl)cc1. The Bertz CT molecular complexity index is 1210. The molecule has 35 heavy (non-hydrogen) atoms. The van der Waals surface area contributed by atoms with Crippen LogP contribution in [0.3, 0.4) is 0 Å². The summed E-state index contributed by atoms with van der Waals surface area (Å²) >= 11 is 6.99. The van der Waals surface area contributed by atoms with Gasteiger partial charge in [-0.1, -0.05) is 17.7 Å². The maximum Gasteiger partial charge on any atom is 0.326 e. The van der Waals surface area contributed by atoms with Gasteiger partial charge in [0.25, 0.3) is 0 Å². The van der Waals surface area contributed by atoms with Crippen LogP contribution in [0, 0.1) is 11.6 Å². The highest BCUT2D eigenvalue weighted by Crippen LogP contribution is 2.29. The third kappa shape index (κ3) is 6.20. The van der Waals surface area contributed by atoms with Crippen LogP contribution in [0.5, 0.6) is 0 Å². The molecule has 11 heteroatoms. The number of carbonyl (C=O) groups excluding carboxylic acids is 2. The third-order valence-corrected chi connectivity index (χ3v) is 6.55. The Hall–Kier alpha value is -3.37. The van der Waals surface area contributed by atoms with E-state index in [0.717, 1.165) is 48.1 Å². The van der Waals surface area contributed by atoms with Gasteiger partial charge < -0.3 is 10.2 Å². The van der Waals surface area contributed by atoms with Crippen molar-refractivity contribution >= 4 is 47.2 Å². The molecular weight excluding hydrogens is 496 g/mol. The van der Waals surface area contributed by atoms with Gasteiger partial charge in [-0.05, 0) is 60.0 Å². The first-order valence-corrected chi connectivity index (χ1v) is 11.9. The average molecular weight is 518 g/mol. The summed E-state index contributed by atoms with van der Waals surface area (Å²) in [6.07, 6.45) is 2.37. The van der Waals surface area contributed by atoms with Gasteiger partial charge in [0.05, 0.1) is 12.1 Å². The van der Waals surface area contributed by atoms with Gasteiger partial charge in [0.1, 0.15) is 23.5 Å². The molecular formula is C24H22ClF2N5O2S. The molecule has 0 aliphatic carbocycles. The highest BCUT2D eigenvalue weighted by Gasteiger charge is 2.27. The molecule has 1 aliphatic heterocycles. The number of aromatic nitrogens is 1. The molecule has 1 aliphatic rings. The molecule has 7 nitrogen and oxygen atoms in total. The van der Waals surface area contributed by atoms with Crippen molar-refractivity contribution in [2.45, 2.75) is 18.9 Å². The minimum Gasteiger partial charge on any atom is -0.325 e. The Morgan fingerprint density at radius 3 is 2.60 bits per heavy atom. The monoisotopic (exact) mass is 517 g/mol. The van der Waals surface area contributed by atoms with Crippen molar-refractivity contribution in [1.29, 1.82) is 0 Å². The number of nitrogens with one attached hydrogen (secondary N) is 2. The molecule has 182 valence electrons. The Kier molecular flexibility index (Phi) is 7.72. The highest BCUT2D eigenvalue weighted by molar-refractivity contribution is 7.99. The van der Waals surface area contributed by atoms with E-state index in [9.17, 15) is 18.4 Å². The number of rotatable bonds is 7. The van der Waals surface area contributed by atoms with E-state index in [4.69, 9.17) is 11.6 Å². The second-order valence-electron chi connectivity index (χ2n) is 7.91. The molecule has 3 amide bonds. The van der Waals surface area contributed by atoms with Crippen molar-refractivity contribution in [2.75, 3.05) is 22.8 Å². The van der Waals surface area contributed by atoms with Crippen LogP contribution in [0.15, 0.2) is 60.8 Å². The Morgan fingerprint density at radius 2 is 1.89 bits per heavy atom. The molecule has 0 radical (unpaired) electrons. The van der Waals surface area contributed by atoms with E-state index in [1.165, 1.54) is 4.90 Å². The predicted molar refractivity (Wildman–Crippen MR) is 133 cm³/mol. The molecule has 2 N–H and O–H groups in total. The number of nitrogens with zero attached hydrogens (tertiary/aromatic N) is 3. The van der Waals surface area contributed by atoms with Gasteiger partial charge in [-0.15, -0.1) is 0 Å². The summed E-state index contributed by atoms with van der Waals surface area (Å²) in [4.78, 5) is 31.7. The number of likely N-dealkylation sites (N-methyl/N-ethyl adjacent to an activating group) is 1. The quantitative estimate of drug-likeness (QED) is 0.451. The van der Waals surface area contributed by atoms with Crippen molar-refractivity contribution in [3.8, 4) is 0 Å². The summed E-state index contributed by atoms with van der Waals surface area (Å²) < 4.78 is 32.0. The number of anilines is 2. The molecule has 3 aromatic rings. The number of amides is 3. The largest absolute Gasteiger partial charge is 0.326 e. The molecule has 0 saturated carbocycles. The van der Waals surface area contributed by atoms with Crippen LogP contribution in [0.2, 0.25) is 5.02 Å². The fraction of sp³-hybridized carbons (Fsp3) is 0.208. The lowest BCUT2D eigenvalue weighted by Gasteiger charge is -2.25. The first kappa shape index (κ1) is 24.7. The van der Waals surface area contributed by atoms with Crippen LogP contribution in [0.25, 0.3) is 0 Å². The van der Waals surface area contributed by atoms with E-state index in [1.807, 2.05) is 16.4 Å². The van der Waals surface area contributed by atoms with Crippen LogP contribution in [0.4, 0.5) is 25.1 Å². The Morgan fingerprint density at radius 1 is 1.17 bits per heavy atom. The first-order chi connectivity index (χ1) is 16.8. The van der Waals surface area contributed by atoms with Gasteiger partial charge >= 0.3 is 6.03 Å². The standard InChI is InChI=1S/C24H22ClF2N5O2S/c1-31(20-6-4-17(25)5-7-20)23(33)21(13-15-11-18(26)14-19(27)12-15)29-24(34)30-35-32-10-8-16-3-2-9-28-22(16)32/h2-7,9,11-12,14,21H,8,10,13H2,1H3,(H2,29,30,34). The number of urea groups is 1. The van der Waals surface area contributed by atoms with Crippen LogP contribution in [0.1, 0.15) is 11.1 Å². The molecule has 0 saturated heterocycles. The summed E-state index contributed by atoms with van der Waals surface area (Å²) in [7, 11) is 1.55. The van der Waals surface area contributed by atoms with Gasteiger partial charge in [0.15, 0.2) is 0 Å². The molecule has 2 heterocycles. The lowest BCUT2D eigenvalue weighted by atomic mass is 10.0. The molecule has 0 spiro atoms. The molecule has 0 bridgehead atoms. The first-order valence-electron chi connectivity index (χ1n) is 10.7. The minimum absolute atomic E-state index is 0.113. The summed E-state index contributed by atoms with van der Waals surface area (Å²) in [5.41, 5.74) is 1.86. The number of hydrogen-bond acceptors (Lipinski definition) is 5. The third-order valence-electron chi connectivity index (χ3n) is 5.45. The van der Waals surface area contributed by atoms with E-state index in [-0.39, 0.29) is 12.0 Å². The fourth-order valence-corrected chi connectivity index (χ4v) is 4.55. The second-order valence-corrected chi connectivity index (χ2v) is 9.18. The molecule has 2 aromatic carbocycles. The zero-order chi connectivity index (χ0) is 24.9. The molecule has 1 unspecified atom stereocenters. The maximum absolute atomic E-state index is 13.8. The van der Waals surface area contributed by atoms with Crippen LogP contribution < -0.4 is 19.2 Å². The Labute approximate surface area is 210 Å². The minimum atomic E-state index is -1.10. The molecule has 1 atom stereocenters. The summed E-state index contributed by atoms with van der Waals surface area (Å²) in [5, 5.41) is 3.14. The topological polar surface area (TPSA) is 77.6 Å². The number of fused-ring (bicyclic) bond motifs is 1. The fourth-order valence-electron chi connectivity index (χ4n) is 3.74. The van der Waals surface area contributed by atoms with Gasteiger partial charge in [-0.25, -0.2) is 18.6 Å². The van der Waals surface area contributed by atoms with E-state index < -0.39 is 29.6 Å². The van der Waals surface area contributed by atoms with Gasteiger partial charge in [-0.3, -0.25) is 13.8 Å². The lowest BCUT2D eigenvalue weighted by molar-refractivity contribution is -0.120. The lowest BCUT2D eigenvalue weighted by Crippen LogP contribution is -2.51. The zero-order valence-electron chi connectivity index (χ0n) is 18.7. The number of carbonyl (C=O) groups is 2. The maximum atomic E-state index is 13.8. The number of benzene rings is 2. The normalized spacial score (nSPS) is 13.2. The number of pyridine rings is 1. The molecule has 1 aromatic heterocycles. The van der Waals surface area contributed by atoms with E-state index in [2.05, 4.69) is 15.0 Å². The number of halogens is 3. The van der Waals surface area contributed by atoms with Crippen molar-refractivity contribution < 1.29 is 18.4 Å². The predicted octanol–water partition coefficient (Wildman–Crippen LogP) is 4.51. The van der Waals surface area contributed by atoms with Crippen LogP contribution in [-0.2, 0) is 17.6 Å². The summed E-state index contributed by atoms with van der Waals surface area (Å²) in [6, 6.07) is 11.7. The van der Waals surface area contributed by atoms with Crippen molar-refractivity contribution in [3.63, 3.8) is 0 Å². The van der Waals surface area contributed by atoms with E-state index in [1.54, 1.807) is 37.5 Å². The molecule has 0 fully saturated rings. The second kappa shape index (κ2) is 10.9.